The van der Waals surface area contributed by atoms with Crippen molar-refractivity contribution < 1.29 is 14.7 Å². The molecule has 6 nitrogen and oxygen atoms in total. The molecule has 3 fully saturated rings. The Kier molecular flexibility index (Phi) is 4.62. The number of aliphatic hydroxyl groups is 1. The van der Waals surface area contributed by atoms with Gasteiger partial charge in [0.2, 0.25) is 5.91 Å². The van der Waals surface area contributed by atoms with Crippen LogP contribution in [0.4, 0.5) is 0 Å². The van der Waals surface area contributed by atoms with Gasteiger partial charge >= 0.3 is 0 Å². The summed E-state index contributed by atoms with van der Waals surface area (Å²) in [5.74, 6) is 0.0967. The van der Waals surface area contributed by atoms with E-state index in [2.05, 4.69) is 4.98 Å². The van der Waals surface area contributed by atoms with Crippen molar-refractivity contribution in [1.82, 2.24) is 14.8 Å². The number of aliphatic hydroxyl groups excluding tert-OH is 1. The molecule has 2 saturated heterocycles. The van der Waals surface area contributed by atoms with E-state index in [0.29, 0.717) is 12.1 Å². The largest absolute Gasteiger partial charge is 0.393 e. The number of carbonyl (C=O) groups is 2. The topological polar surface area (TPSA) is 76.6 Å². The molecule has 0 radical (unpaired) electrons. The van der Waals surface area contributed by atoms with E-state index in [1.54, 1.807) is 0 Å². The van der Waals surface area contributed by atoms with Gasteiger partial charge in [0.05, 0.1) is 17.2 Å². The first-order chi connectivity index (χ1) is 14.1. The molecule has 1 unspecified atom stereocenters. The number of nitrogens with one attached hydrogen (secondary N) is 1. The molecule has 3 heterocycles. The van der Waals surface area contributed by atoms with E-state index in [4.69, 9.17) is 0 Å². The van der Waals surface area contributed by atoms with Crippen LogP contribution in [0.5, 0.6) is 0 Å². The third-order valence-corrected chi connectivity index (χ3v) is 7.31. The number of rotatable bonds is 2. The molecule has 1 atom stereocenters. The SMILES string of the molecule is O=C(c1cccc2cc[nH]c12)N1CCCC12CCCN(C1CCC(O)CC1)C2=O. The Hall–Kier alpha value is -2.34. The number of benzene rings is 1. The van der Waals surface area contributed by atoms with Gasteiger partial charge in [-0.2, -0.15) is 0 Å². The van der Waals surface area contributed by atoms with Gasteiger partial charge in [-0.3, -0.25) is 9.59 Å². The molecule has 6 heteroatoms. The molecule has 154 valence electrons. The summed E-state index contributed by atoms with van der Waals surface area (Å²) in [5.41, 5.74) is 0.806. The lowest BCUT2D eigenvalue weighted by atomic mass is 9.82. The van der Waals surface area contributed by atoms with E-state index in [0.717, 1.165) is 68.8 Å². The Bertz CT molecular complexity index is 930. The zero-order chi connectivity index (χ0) is 20.0. The average Bonchev–Trinajstić information content (AvgIpc) is 3.38. The Morgan fingerprint density at radius 1 is 1.07 bits per heavy atom. The smallest absolute Gasteiger partial charge is 0.256 e. The van der Waals surface area contributed by atoms with Crippen LogP contribution in [0.1, 0.15) is 61.7 Å². The standard InChI is InChI=1S/C23H29N3O3/c27-18-8-6-17(7-9-18)25-14-2-11-23(22(25)29)12-3-15-26(23)21(28)19-5-1-4-16-10-13-24-20(16)19/h1,4-5,10,13,17-18,24,27H,2-3,6-9,11-12,14-15H2. The summed E-state index contributed by atoms with van der Waals surface area (Å²) in [5, 5.41) is 10.9. The molecule has 2 N–H and O–H groups in total. The number of amides is 2. The van der Waals surface area contributed by atoms with Gasteiger partial charge in [0.1, 0.15) is 5.54 Å². The van der Waals surface area contributed by atoms with Crippen LogP contribution in [0.2, 0.25) is 0 Å². The highest BCUT2D eigenvalue weighted by atomic mass is 16.3. The minimum Gasteiger partial charge on any atom is -0.393 e. The predicted octanol–water partition coefficient (Wildman–Crippen LogP) is 3.07. The van der Waals surface area contributed by atoms with Crippen LogP contribution >= 0.6 is 0 Å². The minimum absolute atomic E-state index is 0.0372. The van der Waals surface area contributed by atoms with Crippen molar-refractivity contribution in [2.75, 3.05) is 13.1 Å². The third-order valence-electron chi connectivity index (χ3n) is 7.31. The van der Waals surface area contributed by atoms with Gasteiger partial charge in [0.25, 0.3) is 5.91 Å². The van der Waals surface area contributed by atoms with Crippen LogP contribution < -0.4 is 0 Å². The molecule has 1 spiro atoms. The number of H-pyrrole nitrogens is 1. The van der Waals surface area contributed by atoms with Gasteiger partial charge in [-0.25, -0.2) is 0 Å². The van der Waals surface area contributed by atoms with Crippen molar-refractivity contribution in [2.45, 2.75) is 69.1 Å². The highest BCUT2D eigenvalue weighted by molar-refractivity contribution is 6.08. The van der Waals surface area contributed by atoms with Gasteiger partial charge in [-0.1, -0.05) is 12.1 Å². The fourth-order valence-electron chi connectivity index (χ4n) is 5.80. The number of aromatic amines is 1. The number of likely N-dealkylation sites (tertiary alicyclic amines) is 2. The second kappa shape index (κ2) is 7.17. The number of hydrogen-bond acceptors (Lipinski definition) is 3. The van der Waals surface area contributed by atoms with E-state index in [-0.39, 0.29) is 24.0 Å². The molecule has 5 rings (SSSR count). The fraction of sp³-hybridized carbons (Fsp3) is 0.565. The van der Waals surface area contributed by atoms with Crippen LogP contribution in [0.15, 0.2) is 30.5 Å². The quantitative estimate of drug-likeness (QED) is 0.820. The Balaban J connectivity index is 1.45. The molecule has 3 aliphatic rings. The predicted molar refractivity (Wildman–Crippen MR) is 111 cm³/mol. The molecule has 29 heavy (non-hydrogen) atoms. The van der Waals surface area contributed by atoms with Crippen LogP contribution in [0.25, 0.3) is 10.9 Å². The average molecular weight is 396 g/mol. The number of hydrogen-bond donors (Lipinski definition) is 2. The van der Waals surface area contributed by atoms with Crippen LogP contribution in [0, 0.1) is 0 Å². The van der Waals surface area contributed by atoms with E-state index in [9.17, 15) is 14.7 Å². The number of aromatic nitrogens is 1. The molecular weight excluding hydrogens is 366 g/mol. The maximum absolute atomic E-state index is 13.8. The first-order valence-electron chi connectivity index (χ1n) is 11.0. The lowest BCUT2D eigenvalue weighted by molar-refractivity contribution is -0.149. The maximum atomic E-state index is 13.8. The number of para-hydroxylation sites is 1. The summed E-state index contributed by atoms with van der Waals surface area (Å²) in [7, 11) is 0. The van der Waals surface area contributed by atoms with Gasteiger partial charge in [-0.05, 0) is 63.5 Å². The molecule has 2 amide bonds. The Labute approximate surface area is 170 Å². The van der Waals surface area contributed by atoms with Crippen molar-refractivity contribution in [3.8, 4) is 0 Å². The van der Waals surface area contributed by atoms with Gasteiger partial charge < -0.3 is 19.9 Å². The van der Waals surface area contributed by atoms with E-state index < -0.39 is 5.54 Å². The number of fused-ring (bicyclic) bond motifs is 1. The Morgan fingerprint density at radius 3 is 2.62 bits per heavy atom. The Morgan fingerprint density at radius 2 is 1.83 bits per heavy atom. The lowest BCUT2D eigenvalue weighted by Crippen LogP contribution is -2.63. The zero-order valence-corrected chi connectivity index (χ0v) is 16.8. The normalized spacial score (nSPS) is 30.4. The van der Waals surface area contributed by atoms with Gasteiger partial charge in [-0.15, -0.1) is 0 Å². The molecule has 0 bridgehead atoms. The van der Waals surface area contributed by atoms with Crippen molar-refractivity contribution in [2.24, 2.45) is 0 Å². The molecule has 1 aromatic heterocycles. The minimum atomic E-state index is -0.694. The van der Waals surface area contributed by atoms with Crippen LogP contribution in [-0.4, -0.2) is 62.5 Å². The summed E-state index contributed by atoms with van der Waals surface area (Å²) < 4.78 is 0. The van der Waals surface area contributed by atoms with E-state index in [1.807, 2.05) is 40.3 Å². The second-order valence-corrected chi connectivity index (χ2v) is 8.90. The van der Waals surface area contributed by atoms with E-state index >= 15 is 0 Å². The number of piperidine rings is 1. The summed E-state index contributed by atoms with van der Waals surface area (Å²) in [6.07, 6.45) is 8.18. The second-order valence-electron chi connectivity index (χ2n) is 8.90. The van der Waals surface area contributed by atoms with E-state index in [1.165, 1.54) is 0 Å². The number of nitrogens with zero attached hydrogens (tertiary/aromatic N) is 2. The summed E-state index contributed by atoms with van der Waals surface area (Å²) in [4.78, 5) is 34.5. The maximum Gasteiger partial charge on any atom is 0.256 e. The highest BCUT2D eigenvalue weighted by Gasteiger charge is 2.54. The number of carbonyl (C=O) groups excluding carboxylic acids is 2. The zero-order valence-electron chi connectivity index (χ0n) is 16.8. The highest BCUT2D eigenvalue weighted by Crippen LogP contribution is 2.41. The summed E-state index contributed by atoms with van der Waals surface area (Å²) >= 11 is 0. The molecule has 1 aliphatic carbocycles. The van der Waals surface area contributed by atoms with Gasteiger partial charge in [0.15, 0.2) is 0 Å². The van der Waals surface area contributed by atoms with Crippen molar-refractivity contribution in [1.29, 1.82) is 0 Å². The van der Waals surface area contributed by atoms with Crippen LogP contribution in [0.3, 0.4) is 0 Å². The fourth-order valence-corrected chi connectivity index (χ4v) is 5.80. The molecule has 1 aromatic carbocycles. The third kappa shape index (κ3) is 2.96. The van der Waals surface area contributed by atoms with Crippen molar-refractivity contribution in [3.05, 3.63) is 36.0 Å². The molecule has 2 aromatic rings. The summed E-state index contributed by atoms with van der Waals surface area (Å²) in [6, 6.07) is 7.94. The molecule has 2 aliphatic heterocycles. The first kappa shape index (κ1) is 18.7. The first-order valence-corrected chi connectivity index (χ1v) is 11.0. The van der Waals surface area contributed by atoms with Crippen molar-refractivity contribution >= 4 is 22.7 Å². The lowest BCUT2D eigenvalue weighted by Gasteiger charge is -2.48. The molecular formula is C23H29N3O3. The monoisotopic (exact) mass is 395 g/mol. The molecule has 1 saturated carbocycles. The van der Waals surface area contributed by atoms with Crippen molar-refractivity contribution in [3.63, 3.8) is 0 Å². The van der Waals surface area contributed by atoms with Gasteiger partial charge in [0, 0.05) is 30.7 Å². The summed E-state index contributed by atoms with van der Waals surface area (Å²) in [6.45, 7) is 1.41. The van der Waals surface area contributed by atoms with Crippen LogP contribution in [-0.2, 0) is 4.79 Å².